The van der Waals surface area contributed by atoms with Gasteiger partial charge in [-0.2, -0.15) is 0 Å². The van der Waals surface area contributed by atoms with E-state index in [1.54, 1.807) is 0 Å². The van der Waals surface area contributed by atoms with Crippen molar-refractivity contribution in [3.63, 3.8) is 0 Å². The Labute approximate surface area is 94.6 Å². The number of hydrogen-bond donors (Lipinski definition) is 1. The molecule has 0 unspecified atom stereocenters. The molecule has 0 aliphatic rings. The zero-order valence-corrected chi connectivity index (χ0v) is 9.76. The van der Waals surface area contributed by atoms with E-state index in [0.29, 0.717) is 0 Å². The lowest BCUT2D eigenvalue weighted by Gasteiger charge is -2.01. The van der Waals surface area contributed by atoms with Crippen molar-refractivity contribution in [1.82, 2.24) is 9.88 Å². The van der Waals surface area contributed by atoms with Crippen molar-refractivity contribution >= 4 is 11.3 Å². The fourth-order valence-electron chi connectivity index (χ4n) is 1.56. The molecule has 80 valence electrons. The number of rotatable bonds is 5. The summed E-state index contributed by atoms with van der Waals surface area (Å²) in [7, 11) is 2.05. The first-order valence-electron chi connectivity index (χ1n) is 5.18. The van der Waals surface area contributed by atoms with Crippen LogP contribution in [0, 0.1) is 0 Å². The number of nitrogens with one attached hydrogen (secondary N) is 1. The second-order valence-corrected chi connectivity index (χ2v) is 4.72. The van der Waals surface area contributed by atoms with Gasteiger partial charge in [-0.15, -0.1) is 11.3 Å². The molecule has 0 saturated carbocycles. The lowest BCUT2D eigenvalue weighted by Crippen LogP contribution is -2.15. The molecule has 1 N–H and O–H groups in total. The molecule has 0 fully saturated rings. The molecule has 2 aromatic heterocycles. The first-order chi connectivity index (χ1) is 7.34. The minimum atomic E-state index is 0.964. The maximum atomic E-state index is 3.45. The summed E-state index contributed by atoms with van der Waals surface area (Å²) < 4.78 is 2.08. The van der Waals surface area contributed by atoms with Crippen molar-refractivity contribution in [3.05, 3.63) is 46.4 Å². The Bertz CT molecular complexity index is 389. The lowest BCUT2D eigenvalue weighted by atomic mass is 10.3. The molecule has 0 amide bonds. The molecule has 2 heterocycles. The van der Waals surface area contributed by atoms with Crippen LogP contribution in [0.15, 0.2) is 36.0 Å². The number of aromatic nitrogens is 1. The van der Waals surface area contributed by atoms with Crippen LogP contribution >= 0.6 is 11.3 Å². The molecule has 2 aromatic rings. The van der Waals surface area contributed by atoms with Gasteiger partial charge < -0.3 is 9.88 Å². The van der Waals surface area contributed by atoms with Crippen LogP contribution in [-0.2, 0) is 20.0 Å². The molecule has 0 aliphatic heterocycles. The number of aryl methyl sites for hydroxylation is 1. The van der Waals surface area contributed by atoms with E-state index in [4.69, 9.17) is 0 Å². The van der Waals surface area contributed by atoms with E-state index in [2.05, 4.69) is 52.9 Å². The van der Waals surface area contributed by atoms with Gasteiger partial charge in [0, 0.05) is 37.4 Å². The van der Waals surface area contributed by atoms with Gasteiger partial charge in [-0.05, 0) is 29.5 Å². The molecule has 0 radical (unpaired) electrons. The summed E-state index contributed by atoms with van der Waals surface area (Å²) in [5.41, 5.74) is 1.35. The standard InChI is InChI=1S/C12H16N2S/c1-14-7-5-11(10-14)9-13-6-4-12-3-2-8-15-12/h2-3,5,7-8,10,13H,4,6,9H2,1H3. The van der Waals surface area contributed by atoms with Gasteiger partial charge in [0.2, 0.25) is 0 Å². The molecular weight excluding hydrogens is 204 g/mol. The van der Waals surface area contributed by atoms with Crippen molar-refractivity contribution in [2.45, 2.75) is 13.0 Å². The van der Waals surface area contributed by atoms with Gasteiger partial charge in [-0.25, -0.2) is 0 Å². The highest BCUT2D eigenvalue weighted by Crippen LogP contribution is 2.08. The van der Waals surface area contributed by atoms with Gasteiger partial charge >= 0.3 is 0 Å². The zero-order chi connectivity index (χ0) is 10.5. The summed E-state index contributed by atoms with van der Waals surface area (Å²) in [6, 6.07) is 6.45. The Kier molecular flexibility index (Phi) is 3.59. The zero-order valence-electron chi connectivity index (χ0n) is 8.94. The lowest BCUT2D eigenvalue weighted by molar-refractivity contribution is 0.689. The van der Waals surface area contributed by atoms with Crippen molar-refractivity contribution < 1.29 is 0 Å². The van der Waals surface area contributed by atoms with E-state index in [9.17, 15) is 0 Å². The SMILES string of the molecule is Cn1ccc(CNCCc2cccs2)c1. The number of nitrogens with zero attached hydrogens (tertiary/aromatic N) is 1. The molecule has 2 rings (SSSR count). The third-order valence-electron chi connectivity index (χ3n) is 2.35. The predicted octanol–water partition coefficient (Wildman–Crippen LogP) is 2.42. The molecule has 0 bridgehead atoms. The molecule has 15 heavy (non-hydrogen) atoms. The topological polar surface area (TPSA) is 17.0 Å². The summed E-state index contributed by atoms with van der Waals surface area (Å²) in [5.74, 6) is 0. The molecule has 0 spiro atoms. The fourth-order valence-corrected chi connectivity index (χ4v) is 2.27. The number of thiophene rings is 1. The second-order valence-electron chi connectivity index (χ2n) is 3.69. The third-order valence-corrected chi connectivity index (χ3v) is 3.29. The van der Waals surface area contributed by atoms with E-state index in [-0.39, 0.29) is 0 Å². The van der Waals surface area contributed by atoms with E-state index in [1.165, 1.54) is 10.4 Å². The summed E-state index contributed by atoms with van der Waals surface area (Å²) in [6.45, 7) is 2.02. The third kappa shape index (κ3) is 3.22. The Morgan fingerprint density at radius 1 is 1.40 bits per heavy atom. The highest BCUT2D eigenvalue weighted by atomic mass is 32.1. The summed E-state index contributed by atoms with van der Waals surface area (Å²) in [5, 5.41) is 5.58. The van der Waals surface area contributed by atoms with Crippen LogP contribution in [0.2, 0.25) is 0 Å². The average Bonchev–Trinajstić information content (AvgIpc) is 2.84. The smallest absolute Gasteiger partial charge is 0.0220 e. The van der Waals surface area contributed by atoms with Crippen molar-refractivity contribution in [2.75, 3.05) is 6.54 Å². The Morgan fingerprint density at radius 2 is 2.33 bits per heavy atom. The maximum absolute atomic E-state index is 3.45. The van der Waals surface area contributed by atoms with Crippen LogP contribution in [0.1, 0.15) is 10.4 Å². The largest absolute Gasteiger partial charge is 0.357 e. The van der Waals surface area contributed by atoms with Gasteiger partial charge in [0.1, 0.15) is 0 Å². The summed E-state index contributed by atoms with van der Waals surface area (Å²) >= 11 is 1.83. The van der Waals surface area contributed by atoms with Crippen LogP contribution in [0.4, 0.5) is 0 Å². The fraction of sp³-hybridized carbons (Fsp3) is 0.333. The average molecular weight is 220 g/mol. The van der Waals surface area contributed by atoms with Crippen LogP contribution in [-0.4, -0.2) is 11.1 Å². The van der Waals surface area contributed by atoms with E-state index < -0.39 is 0 Å². The first kappa shape index (κ1) is 10.5. The van der Waals surface area contributed by atoms with Gasteiger partial charge in [-0.1, -0.05) is 6.07 Å². The Hall–Kier alpha value is -1.06. The summed E-state index contributed by atoms with van der Waals surface area (Å²) in [4.78, 5) is 1.45. The van der Waals surface area contributed by atoms with Crippen molar-refractivity contribution in [2.24, 2.45) is 7.05 Å². The van der Waals surface area contributed by atoms with Crippen molar-refractivity contribution in [3.8, 4) is 0 Å². The number of hydrogen-bond acceptors (Lipinski definition) is 2. The van der Waals surface area contributed by atoms with E-state index >= 15 is 0 Å². The normalized spacial score (nSPS) is 10.7. The van der Waals surface area contributed by atoms with Gasteiger partial charge in [0.25, 0.3) is 0 Å². The molecule has 2 nitrogen and oxygen atoms in total. The Morgan fingerprint density at radius 3 is 3.00 bits per heavy atom. The predicted molar refractivity (Wildman–Crippen MR) is 65.1 cm³/mol. The van der Waals surface area contributed by atoms with Crippen molar-refractivity contribution in [1.29, 1.82) is 0 Å². The highest BCUT2D eigenvalue weighted by molar-refractivity contribution is 7.09. The minimum absolute atomic E-state index is 0.964. The molecular formula is C12H16N2S. The van der Waals surface area contributed by atoms with E-state index in [0.717, 1.165) is 19.5 Å². The summed E-state index contributed by atoms with van der Waals surface area (Å²) in [6.07, 6.45) is 5.36. The molecule has 0 atom stereocenters. The molecule has 0 saturated heterocycles. The van der Waals surface area contributed by atoms with Gasteiger partial charge in [0.15, 0.2) is 0 Å². The maximum Gasteiger partial charge on any atom is 0.0220 e. The monoisotopic (exact) mass is 220 g/mol. The van der Waals surface area contributed by atoms with Crippen LogP contribution in [0.5, 0.6) is 0 Å². The molecule has 0 aliphatic carbocycles. The van der Waals surface area contributed by atoms with E-state index in [1.807, 2.05) is 11.3 Å². The molecule has 3 heteroatoms. The van der Waals surface area contributed by atoms with Crippen LogP contribution in [0.3, 0.4) is 0 Å². The van der Waals surface area contributed by atoms with Gasteiger partial charge in [0.05, 0.1) is 0 Å². The Balaban J connectivity index is 1.67. The quantitative estimate of drug-likeness (QED) is 0.766. The highest BCUT2D eigenvalue weighted by Gasteiger charge is 1.95. The second kappa shape index (κ2) is 5.14. The van der Waals surface area contributed by atoms with Gasteiger partial charge in [-0.3, -0.25) is 0 Å². The molecule has 0 aromatic carbocycles. The first-order valence-corrected chi connectivity index (χ1v) is 6.06. The minimum Gasteiger partial charge on any atom is -0.357 e. The van der Waals surface area contributed by atoms with Crippen LogP contribution in [0.25, 0.3) is 0 Å². The van der Waals surface area contributed by atoms with Crippen LogP contribution < -0.4 is 5.32 Å².